The normalized spacial score (nSPS) is 13.2. The van der Waals surface area contributed by atoms with Crippen LogP contribution in [0.3, 0.4) is 0 Å². The maximum atomic E-state index is 9.87. The fourth-order valence-corrected chi connectivity index (χ4v) is 4.70. The predicted molar refractivity (Wildman–Crippen MR) is 210 cm³/mol. The van der Waals surface area contributed by atoms with Gasteiger partial charge in [0, 0.05) is 28.8 Å². The van der Waals surface area contributed by atoms with E-state index >= 15 is 0 Å². The Balaban J connectivity index is 0. The topological polar surface area (TPSA) is 121 Å². The molecule has 0 amide bonds. The standard InChI is InChI=1S/C21H28O3.C12H22O2.C9H7BrO.ClH.Cu/c1-2-3-4-5-10-16-20(23)21(24)17-12-7-11-15-19(22)18-13-8-6-9-14-18;1-3-5-6-7-8-10-12(14)11(13)9-4-2;10-7-6-9(11)8-4-2-1-3-5-8;;/h6,8-9,13-14,19-24H,2-5,10,16-17H2,1H3;2,11-14H,3,5-10H2,1H3;1-5,9,11H;1H;/q;;;;+1/p-1/t19-,20+,21+;11-,12-;9-;;/m010../s1. The molecule has 0 saturated heterocycles. The second kappa shape index (κ2) is 37.5. The van der Waals surface area contributed by atoms with E-state index in [9.17, 15) is 30.6 Å². The van der Waals surface area contributed by atoms with Crippen LogP contribution in [0.1, 0.15) is 127 Å². The van der Waals surface area contributed by atoms with E-state index in [4.69, 9.17) is 6.42 Å². The average molecular weight is 837 g/mol. The van der Waals surface area contributed by atoms with Crippen molar-refractivity contribution in [3.05, 3.63) is 71.8 Å². The molecule has 6 atom stereocenters. The Bertz CT molecular complexity index is 1310. The van der Waals surface area contributed by atoms with Crippen molar-refractivity contribution in [1.82, 2.24) is 0 Å². The molecule has 0 heterocycles. The molecule has 0 aliphatic heterocycles. The summed E-state index contributed by atoms with van der Waals surface area (Å²) < 4.78 is 0. The van der Waals surface area contributed by atoms with Crippen LogP contribution in [0.2, 0.25) is 0 Å². The van der Waals surface area contributed by atoms with Gasteiger partial charge < -0.3 is 30.6 Å². The van der Waals surface area contributed by atoms with Crippen LogP contribution in [0.4, 0.5) is 0 Å². The molecule has 0 spiro atoms. The van der Waals surface area contributed by atoms with E-state index in [1.54, 1.807) is 12.1 Å². The molecule has 6 nitrogen and oxygen atoms in total. The Morgan fingerprint density at radius 3 is 1.41 bits per heavy atom. The van der Waals surface area contributed by atoms with Gasteiger partial charge in [0.15, 0.2) is 0 Å². The summed E-state index contributed by atoms with van der Waals surface area (Å²) in [5.41, 5.74) is 1.55. The maximum absolute atomic E-state index is 9.87. The van der Waals surface area contributed by atoms with Gasteiger partial charge in [0.1, 0.15) is 12.2 Å². The molecule has 286 valence electrons. The molecule has 0 aromatic heterocycles. The summed E-state index contributed by atoms with van der Waals surface area (Å²) in [6, 6.07) is 18.5. The van der Waals surface area contributed by atoms with Gasteiger partial charge in [-0.05, 0) is 40.6 Å². The Morgan fingerprint density at radius 2 is 1.00 bits per heavy atom. The van der Waals surface area contributed by atoms with Gasteiger partial charge in [0.25, 0.3) is 0 Å². The molecule has 2 aromatic carbocycles. The summed E-state index contributed by atoms with van der Waals surface area (Å²) in [7, 11) is 4.20. The fraction of sp³-hybridized carbons (Fsp3) is 0.524. The third kappa shape index (κ3) is 29.9. The van der Waals surface area contributed by atoms with E-state index in [2.05, 4.69) is 95.3 Å². The number of rotatable bonds is 18. The number of hydrogen-bond donors (Lipinski definition) is 6. The first-order chi connectivity index (χ1) is 24.7. The first-order valence-corrected chi connectivity index (χ1v) is 19.6. The van der Waals surface area contributed by atoms with Gasteiger partial charge in [-0.15, -0.1) is 12.3 Å². The third-order valence-electron chi connectivity index (χ3n) is 7.52. The summed E-state index contributed by atoms with van der Waals surface area (Å²) in [5.74, 6) is 15.5. The monoisotopic (exact) mass is 834 g/mol. The van der Waals surface area contributed by atoms with Crippen molar-refractivity contribution in [3.8, 4) is 46.8 Å². The SMILES string of the molecule is C#CC[C@@H](O)[C@H](O)CCCCCCC.CCCCCCC[C@@H](O)[C@H](O)CC#CC#C[C@H](O)c1ccccc1.O[C@@H](C#CBr)c1ccccc1.[Cl][Cu]. The Hall–Kier alpha value is -2.27. The van der Waals surface area contributed by atoms with Crippen molar-refractivity contribution < 1.29 is 45.7 Å². The quantitative estimate of drug-likeness (QED) is 0.0514. The number of aliphatic hydroxyl groups is 6. The zero-order valence-electron chi connectivity index (χ0n) is 30.0. The van der Waals surface area contributed by atoms with Crippen LogP contribution in [-0.2, 0) is 15.1 Å². The number of unbranched alkanes of at least 4 members (excludes halogenated alkanes) is 8. The summed E-state index contributed by atoms with van der Waals surface area (Å²) in [6.45, 7) is 4.34. The first kappa shape index (κ1) is 50.8. The van der Waals surface area contributed by atoms with E-state index in [1.165, 1.54) is 38.5 Å². The van der Waals surface area contributed by atoms with Crippen LogP contribution in [0, 0.1) is 46.8 Å². The number of aliphatic hydroxyl groups excluding tert-OH is 6. The molecular formula is C42H57BrClCuO6. The van der Waals surface area contributed by atoms with E-state index in [0.717, 1.165) is 36.8 Å². The molecule has 9 heteroatoms. The third-order valence-corrected chi connectivity index (χ3v) is 7.74. The summed E-state index contributed by atoms with van der Waals surface area (Å²) in [4.78, 5) is 2.48. The summed E-state index contributed by atoms with van der Waals surface area (Å²) >= 11 is 6.59. The van der Waals surface area contributed by atoms with E-state index in [1.807, 2.05) is 48.5 Å². The molecule has 0 aliphatic carbocycles. The molecule has 0 bridgehead atoms. The van der Waals surface area contributed by atoms with Crippen molar-refractivity contribution in [2.75, 3.05) is 0 Å². The first-order valence-electron chi connectivity index (χ1n) is 17.5. The zero-order valence-corrected chi connectivity index (χ0v) is 33.2. The molecule has 0 unspecified atom stereocenters. The van der Waals surface area contributed by atoms with Crippen molar-refractivity contribution in [3.63, 3.8) is 0 Å². The molecular weight excluding hydrogens is 779 g/mol. The van der Waals surface area contributed by atoms with Gasteiger partial charge in [0.05, 0.1) is 24.4 Å². The summed E-state index contributed by atoms with van der Waals surface area (Å²) in [6.07, 6.45) is 13.6. The minimum atomic E-state index is -0.862. The van der Waals surface area contributed by atoms with Crippen molar-refractivity contribution in [2.24, 2.45) is 0 Å². The Labute approximate surface area is 329 Å². The molecule has 6 N–H and O–H groups in total. The Morgan fingerprint density at radius 1 is 0.588 bits per heavy atom. The number of terminal acetylenes is 1. The second-order valence-electron chi connectivity index (χ2n) is 11.7. The van der Waals surface area contributed by atoms with Crippen molar-refractivity contribution in [1.29, 1.82) is 0 Å². The van der Waals surface area contributed by atoms with E-state index in [0.29, 0.717) is 12.8 Å². The molecule has 2 rings (SSSR count). The van der Waals surface area contributed by atoms with Crippen LogP contribution in [0.5, 0.6) is 0 Å². The molecule has 2 aromatic rings. The Kier molecular flexibility index (Phi) is 37.4. The van der Waals surface area contributed by atoms with Crippen LogP contribution in [-0.4, -0.2) is 55.1 Å². The van der Waals surface area contributed by atoms with Gasteiger partial charge in [0.2, 0.25) is 0 Å². The average Bonchev–Trinajstić information content (AvgIpc) is 3.16. The summed E-state index contributed by atoms with van der Waals surface area (Å²) in [5, 5.41) is 57.7. The van der Waals surface area contributed by atoms with Gasteiger partial charge in [-0.3, -0.25) is 0 Å². The van der Waals surface area contributed by atoms with Crippen LogP contribution >= 0.6 is 26.0 Å². The van der Waals surface area contributed by atoms with Gasteiger partial charge in [-0.1, -0.05) is 156 Å². The van der Waals surface area contributed by atoms with E-state index in [-0.39, 0.29) is 12.8 Å². The van der Waals surface area contributed by atoms with Crippen molar-refractivity contribution in [2.45, 2.75) is 140 Å². The second-order valence-corrected chi connectivity index (χ2v) is 12.1. The number of halogens is 2. The van der Waals surface area contributed by atoms with Crippen LogP contribution in [0.25, 0.3) is 0 Å². The molecule has 0 aliphatic rings. The van der Waals surface area contributed by atoms with Crippen LogP contribution in [0.15, 0.2) is 60.7 Å². The van der Waals surface area contributed by atoms with Gasteiger partial charge >= 0.3 is 25.2 Å². The number of hydrogen-bond acceptors (Lipinski definition) is 6. The van der Waals surface area contributed by atoms with Gasteiger partial charge in [-0.2, -0.15) is 0 Å². The van der Waals surface area contributed by atoms with E-state index < -0.39 is 36.6 Å². The molecule has 0 fully saturated rings. The molecule has 0 radical (unpaired) electrons. The number of benzene rings is 2. The van der Waals surface area contributed by atoms with Gasteiger partial charge in [-0.25, -0.2) is 0 Å². The predicted octanol–water partition coefficient (Wildman–Crippen LogP) is 8.05. The van der Waals surface area contributed by atoms with Crippen molar-refractivity contribution >= 4 is 26.0 Å². The fourth-order valence-electron chi connectivity index (χ4n) is 4.48. The molecule has 51 heavy (non-hydrogen) atoms. The molecule has 0 saturated carbocycles. The zero-order chi connectivity index (χ0) is 38.5. The minimum absolute atomic E-state index is 0.187. The van der Waals surface area contributed by atoms with Crippen LogP contribution < -0.4 is 0 Å².